The summed E-state index contributed by atoms with van der Waals surface area (Å²) in [5, 5.41) is 2.95. The summed E-state index contributed by atoms with van der Waals surface area (Å²) < 4.78 is 37.7. The molecule has 0 aliphatic carbocycles. The molecule has 20 heavy (non-hydrogen) atoms. The summed E-state index contributed by atoms with van der Waals surface area (Å²) in [5.41, 5.74) is 0.765. The molecule has 1 unspecified atom stereocenters. The predicted octanol–water partition coefficient (Wildman–Crippen LogP) is 2.48. The minimum Gasteiger partial charge on any atom is -0.493 e. The van der Waals surface area contributed by atoms with Gasteiger partial charge in [-0.15, -0.1) is 0 Å². The summed E-state index contributed by atoms with van der Waals surface area (Å²) in [6.45, 7) is 0.266. The highest BCUT2D eigenvalue weighted by molar-refractivity contribution is 5.65. The Kier molecular flexibility index (Phi) is 4.32. The lowest BCUT2D eigenvalue weighted by atomic mass is 10.0. The number of nitrogens with zero attached hydrogens (tertiary/aromatic N) is 1. The summed E-state index contributed by atoms with van der Waals surface area (Å²) in [6, 6.07) is 5.47. The van der Waals surface area contributed by atoms with Gasteiger partial charge in [0.15, 0.2) is 11.5 Å². The van der Waals surface area contributed by atoms with Crippen molar-refractivity contribution in [3.05, 3.63) is 18.2 Å². The summed E-state index contributed by atoms with van der Waals surface area (Å²) in [5.74, 6) is -1.46. The summed E-state index contributed by atoms with van der Waals surface area (Å²) in [7, 11) is 4.79. The van der Waals surface area contributed by atoms with Gasteiger partial charge in [-0.1, -0.05) is 6.07 Å². The first-order valence-corrected chi connectivity index (χ1v) is 6.55. The summed E-state index contributed by atoms with van der Waals surface area (Å²) >= 11 is 0. The Morgan fingerprint density at radius 3 is 2.65 bits per heavy atom. The second-order valence-corrected chi connectivity index (χ2v) is 4.82. The normalized spacial score (nSPS) is 21.6. The van der Waals surface area contributed by atoms with Crippen LogP contribution in [0.2, 0.25) is 0 Å². The Labute approximate surface area is 117 Å². The van der Waals surface area contributed by atoms with Crippen molar-refractivity contribution < 1.29 is 18.3 Å². The van der Waals surface area contributed by atoms with E-state index in [-0.39, 0.29) is 19.4 Å². The highest BCUT2D eigenvalue weighted by Crippen LogP contribution is 2.41. The van der Waals surface area contributed by atoms with Crippen molar-refractivity contribution in [3.63, 3.8) is 0 Å². The van der Waals surface area contributed by atoms with Gasteiger partial charge in [0.2, 0.25) is 0 Å². The molecule has 1 saturated heterocycles. The number of hydrogen-bond acceptors (Lipinski definition) is 4. The van der Waals surface area contributed by atoms with Crippen LogP contribution in [-0.2, 0) is 0 Å². The molecule has 1 aromatic rings. The second-order valence-electron chi connectivity index (χ2n) is 4.82. The molecule has 1 aliphatic heterocycles. The van der Waals surface area contributed by atoms with Gasteiger partial charge in [0.05, 0.1) is 26.1 Å². The third-order valence-corrected chi connectivity index (χ3v) is 3.61. The van der Waals surface area contributed by atoms with Crippen LogP contribution in [0.25, 0.3) is 0 Å². The van der Waals surface area contributed by atoms with E-state index in [0.29, 0.717) is 11.5 Å². The fourth-order valence-corrected chi connectivity index (χ4v) is 2.58. The number of hydrogen-bond donors (Lipinski definition) is 1. The highest BCUT2D eigenvalue weighted by Gasteiger charge is 2.40. The molecule has 0 spiro atoms. The summed E-state index contributed by atoms with van der Waals surface area (Å²) in [6.07, 6.45) is -0.810. The van der Waals surface area contributed by atoms with E-state index < -0.39 is 12.1 Å². The van der Waals surface area contributed by atoms with Crippen LogP contribution in [0.3, 0.4) is 0 Å². The topological polar surface area (TPSA) is 33.7 Å². The lowest BCUT2D eigenvalue weighted by Gasteiger charge is -2.41. The minimum atomic E-state index is -2.63. The van der Waals surface area contributed by atoms with E-state index >= 15 is 0 Å². The van der Waals surface area contributed by atoms with Crippen LogP contribution in [0.15, 0.2) is 18.2 Å². The van der Waals surface area contributed by atoms with Gasteiger partial charge in [-0.2, -0.15) is 0 Å². The zero-order valence-electron chi connectivity index (χ0n) is 12.0. The Hall–Kier alpha value is -1.56. The van der Waals surface area contributed by atoms with Crippen LogP contribution < -0.4 is 19.7 Å². The Bertz CT molecular complexity index is 468. The first-order valence-electron chi connectivity index (χ1n) is 6.55. The Balaban J connectivity index is 2.35. The maximum Gasteiger partial charge on any atom is 0.253 e. The lowest BCUT2D eigenvalue weighted by Crippen LogP contribution is -2.53. The van der Waals surface area contributed by atoms with Crippen molar-refractivity contribution in [1.82, 2.24) is 5.32 Å². The van der Waals surface area contributed by atoms with E-state index in [9.17, 15) is 8.78 Å². The van der Waals surface area contributed by atoms with Crippen LogP contribution in [0.4, 0.5) is 14.5 Å². The zero-order chi connectivity index (χ0) is 14.8. The standard InChI is InChI=1S/C14H20F2N2O2/c1-17-12-9-14(15,16)7-8-18(12)10-5-4-6-11(19-2)13(10)20-3/h4-6,12,17H,7-9H2,1-3H3. The molecule has 0 aromatic heterocycles. The van der Waals surface area contributed by atoms with E-state index in [4.69, 9.17) is 9.47 Å². The highest BCUT2D eigenvalue weighted by atomic mass is 19.3. The number of methoxy groups -OCH3 is 2. The van der Waals surface area contributed by atoms with Gasteiger partial charge >= 0.3 is 0 Å². The molecular formula is C14H20F2N2O2. The molecule has 2 rings (SSSR count). The molecule has 1 fully saturated rings. The summed E-state index contributed by atoms with van der Waals surface area (Å²) in [4.78, 5) is 1.90. The van der Waals surface area contributed by atoms with Gasteiger partial charge in [0.1, 0.15) is 0 Å². The molecule has 1 heterocycles. The van der Waals surface area contributed by atoms with E-state index in [1.165, 1.54) is 0 Å². The van der Waals surface area contributed by atoms with E-state index in [1.54, 1.807) is 27.3 Å². The van der Waals surface area contributed by atoms with Crippen molar-refractivity contribution in [2.45, 2.75) is 24.9 Å². The fraction of sp³-hybridized carbons (Fsp3) is 0.571. The van der Waals surface area contributed by atoms with Crippen molar-refractivity contribution in [2.24, 2.45) is 0 Å². The van der Waals surface area contributed by atoms with Gasteiger partial charge in [-0.05, 0) is 19.2 Å². The quantitative estimate of drug-likeness (QED) is 0.922. The molecular weight excluding hydrogens is 266 g/mol. The van der Waals surface area contributed by atoms with Crippen molar-refractivity contribution >= 4 is 5.69 Å². The first kappa shape index (κ1) is 14.8. The fourth-order valence-electron chi connectivity index (χ4n) is 2.58. The van der Waals surface area contributed by atoms with Crippen LogP contribution in [0.1, 0.15) is 12.8 Å². The van der Waals surface area contributed by atoms with Crippen molar-refractivity contribution in [1.29, 1.82) is 0 Å². The lowest BCUT2D eigenvalue weighted by molar-refractivity contribution is -0.0366. The number of halogens is 2. The predicted molar refractivity (Wildman–Crippen MR) is 73.9 cm³/mol. The second kappa shape index (κ2) is 5.83. The molecule has 1 atom stereocenters. The van der Waals surface area contributed by atoms with Crippen LogP contribution in [-0.4, -0.2) is 39.9 Å². The average molecular weight is 286 g/mol. The van der Waals surface area contributed by atoms with Crippen LogP contribution in [0.5, 0.6) is 11.5 Å². The molecule has 1 N–H and O–H groups in total. The number of benzene rings is 1. The molecule has 0 bridgehead atoms. The van der Waals surface area contributed by atoms with E-state index in [1.807, 2.05) is 17.0 Å². The number of anilines is 1. The molecule has 1 aliphatic rings. The van der Waals surface area contributed by atoms with Gasteiger partial charge in [-0.3, -0.25) is 0 Å². The SMILES string of the molecule is CNC1CC(F)(F)CCN1c1cccc(OC)c1OC. The molecule has 4 nitrogen and oxygen atoms in total. The van der Waals surface area contributed by atoms with E-state index in [2.05, 4.69) is 5.32 Å². The largest absolute Gasteiger partial charge is 0.493 e. The van der Waals surface area contributed by atoms with Crippen LogP contribution in [0, 0.1) is 0 Å². The first-order chi connectivity index (χ1) is 9.52. The van der Waals surface area contributed by atoms with E-state index in [0.717, 1.165) is 5.69 Å². The number of nitrogens with one attached hydrogen (secondary N) is 1. The van der Waals surface area contributed by atoms with Gasteiger partial charge in [0.25, 0.3) is 5.92 Å². The average Bonchev–Trinajstić information content (AvgIpc) is 2.45. The molecule has 1 aromatic carbocycles. The third kappa shape index (κ3) is 2.80. The number of ether oxygens (including phenoxy) is 2. The van der Waals surface area contributed by atoms with Crippen LogP contribution >= 0.6 is 0 Å². The number of rotatable bonds is 4. The molecule has 0 saturated carbocycles. The zero-order valence-corrected chi connectivity index (χ0v) is 12.0. The maximum atomic E-state index is 13.5. The Morgan fingerprint density at radius 1 is 1.30 bits per heavy atom. The van der Waals surface area contributed by atoms with Gasteiger partial charge < -0.3 is 19.7 Å². The maximum absolute atomic E-state index is 13.5. The molecule has 0 radical (unpaired) electrons. The van der Waals surface area contributed by atoms with Gasteiger partial charge in [0, 0.05) is 19.4 Å². The number of piperidine rings is 1. The van der Waals surface area contributed by atoms with Crippen molar-refractivity contribution in [3.8, 4) is 11.5 Å². The smallest absolute Gasteiger partial charge is 0.253 e. The number of alkyl halides is 2. The number of para-hydroxylation sites is 1. The molecule has 112 valence electrons. The minimum absolute atomic E-state index is 0.161. The van der Waals surface area contributed by atoms with Gasteiger partial charge in [-0.25, -0.2) is 8.78 Å². The Morgan fingerprint density at radius 2 is 2.05 bits per heavy atom. The molecule has 0 amide bonds. The molecule has 6 heteroatoms. The monoisotopic (exact) mass is 286 g/mol. The van der Waals surface area contributed by atoms with Crippen molar-refractivity contribution in [2.75, 3.05) is 32.7 Å². The third-order valence-electron chi connectivity index (χ3n) is 3.61.